The molecular weight excluding hydrogens is 515 g/mol. The molecule has 0 N–H and O–H groups in total. The molecule has 0 spiro atoms. The van der Waals surface area contributed by atoms with Gasteiger partial charge in [0, 0.05) is 37.5 Å². The minimum Gasteiger partial charge on any atom is -0.463 e. The van der Waals surface area contributed by atoms with E-state index in [1.165, 1.54) is 18.2 Å². The molecule has 0 unspecified atom stereocenters. The molecule has 10 nitrogen and oxygen atoms in total. The van der Waals surface area contributed by atoms with Gasteiger partial charge in [-0.3, -0.25) is 24.0 Å². The molecule has 0 heterocycles. The normalized spacial score (nSPS) is 40.3. The largest absolute Gasteiger partial charge is 0.463 e. The van der Waals surface area contributed by atoms with E-state index in [4.69, 9.17) is 18.9 Å². The average Bonchev–Trinajstić information content (AvgIpc) is 3.06. The number of ketones is 2. The standard InChI is InChI=1S/C28H33FO10/c1-14(30)37-21-12-20-19-8-7-17-11-18(33)9-10-25(17,4)27(19,29)22(38-15(2)31)13-26(20,5)28(21,39-16(3)32)23(34)24(35)36-6/h9-11,19-22H,7-8,12-13H2,1-6H3/t19-,20-,21+,22-,25-,26-,27-,28-/m0/s1. The number of fused-ring (bicyclic) bond motifs is 5. The number of methoxy groups -OCH3 is 1. The van der Waals surface area contributed by atoms with Crippen LogP contribution in [-0.2, 0) is 47.7 Å². The summed E-state index contributed by atoms with van der Waals surface area (Å²) in [6.45, 7) is 6.49. The van der Waals surface area contributed by atoms with E-state index in [0.717, 1.165) is 27.9 Å². The number of allylic oxidation sites excluding steroid dienone is 4. The molecule has 212 valence electrons. The molecule has 0 aliphatic heterocycles. The number of rotatable bonds is 5. The van der Waals surface area contributed by atoms with Gasteiger partial charge in [-0.05, 0) is 50.7 Å². The van der Waals surface area contributed by atoms with Crippen LogP contribution >= 0.6 is 0 Å². The smallest absolute Gasteiger partial charge is 0.378 e. The van der Waals surface area contributed by atoms with Crippen molar-refractivity contribution in [2.24, 2.45) is 22.7 Å². The molecule has 0 amide bonds. The zero-order valence-electron chi connectivity index (χ0n) is 22.8. The predicted molar refractivity (Wildman–Crippen MR) is 130 cm³/mol. The Bertz CT molecular complexity index is 1220. The van der Waals surface area contributed by atoms with Gasteiger partial charge in [0.05, 0.1) is 7.11 Å². The second-order valence-electron chi connectivity index (χ2n) is 11.3. The highest BCUT2D eigenvalue weighted by Crippen LogP contribution is 2.71. The Labute approximate surface area is 225 Å². The number of carbonyl (C=O) groups excluding carboxylic acids is 6. The minimum atomic E-state index is -2.36. The van der Waals surface area contributed by atoms with Crippen LogP contribution in [-0.4, -0.2) is 66.0 Å². The lowest BCUT2D eigenvalue weighted by molar-refractivity contribution is -0.238. The summed E-state index contributed by atoms with van der Waals surface area (Å²) >= 11 is 0. The first-order valence-corrected chi connectivity index (χ1v) is 12.9. The lowest BCUT2D eigenvalue weighted by Gasteiger charge is -2.62. The number of Topliss-reactive ketones (excluding diaryl/α,β-unsaturated/α-hetero) is 1. The number of hydrogen-bond acceptors (Lipinski definition) is 10. The highest BCUT2D eigenvalue weighted by atomic mass is 19.1. The van der Waals surface area contributed by atoms with E-state index in [1.807, 2.05) is 0 Å². The Morgan fingerprint density at radius 2 is 1.56 bits per heavy atom. The van der Waals surface area contributed by atoms with Crippen LogP contribution in [0.15, 0.2) is 23.8 Å². The van der Waals surface area contributed by atoms with E-state index >= 15 is 4.39 Å². The molecule has 4 rings (SSSR count). The number of carbonyl (C=O) groups is 6. The molecule has 0 saturated heterocycles. The molecule has 0 bridgehead atoms. The van der Waals surface area contributed by atoms with E-state index < -0.39 is 75.8 Å². The number of esters is 4. The van der Waals surface area contributed by atoms with Crippen LogP contribution in [0.1, 0.15) is 60.3 Å². The van der Waals surface area contributed by atoms with Gasteiger partial charge < -0.3 is 18.9 Å². The Morgan fingerprint density at radius 1 is 0.949 bits per heavy atom. The van der Waals surface area contributed by atoms with Crippen LogP contribution in [0.4, 0.5) is 4.39 Å². The van der Waals surface area contributed by atoms with Crippen LogP contribution < -0.4 is 0 Å². The highest BCUT2D eigenvalue weighted by Gasteiger charge is 2.80. The fourth-order valence-corrected chi connectivity index (χ4v) is 7.91. The van der Waals surface area contributed by atoms with Crippen LogP contribution in [0.5, 0.6) is 0 Å². The van der Waals surface area contributed by atoms with Gasteiger partial charge in [-0.25, -0.2) is 9.18 Å². The van der Waals surface area contributed by atoms with Crippen LogP contribution in [0, 0.1) is 22.7 Å². The van der Waals surface area contributed by atoms with Crippen molar-refractivity contribution in [1.29, 1.82) is 0 Å². The first-order valence-electron chi connectivity index (χ1n) is 12.9. The van der Waals surface area contributed by atoms with Crippen LogP contribution in [0.25, 0.3) is 0 Å². The van der Waals surface area contributed by atoms with E-state index in [0.29, 0.717) is 12.0 Å². The molecule has 11 heteroatoms. The fourth-order valence-electron chi connectivity index (χ4n) is 7.91. The van der Waals surface area contributed by atoms with E-state index in [9.17, 15) is 28.8 Å². The molecule has 0 aromatic carbocycles. The van der Waals surface area contributed by atoms with Crippen molar-refractivity contribution in [2.75, 3.05) is 7.11 Å². The molecule has 3 fully saturated rings. The van der Waals surface area contributed by atoms with Gasteiger partial charge in [-0.15, -0.1) is 0 Å². The Kier molecular flexibility index (Phi) is 6.88. The molecule has 8 atom stereocenters. The summed E-state index contributed by atoms with van der Waals surface area (Å²) in [4.78, 5) is 75.6. The zero-order chi connectivity index (χ0) is 29.1. The molecule has 4 aliphatic carbocycles. The van der Waals surface area contributed by atoms with E-state index in [2.05, 4.69) is 0 Å². The van der Waals surface area contributed by atoms with Crippen molar-refractivity contribution >= 4 is 35.4 Å². The van der Waals surface area contributed by atoms with Crippen molar-refractivity contribution in [1.82, 2.24) is 0 Å². The monoisotopic (exact) mass is 548 g/mol. The quantitative estimate of drug-likeness (QED) is 0.286. The maximum absolute atomic E-state index is 18.0. The summed E-state index contributed by atoms with van der Waals surface area (Å²) in [5, 5.41) is 0. The number of alkyl halides is 1. The second kappa shape index (κ2) is 9.38. The molecule has 39 heavy (non-hydrogen) atoms. The van der Waals surface area contributed by atoms with Crippen molar-refractivity contribution in [3.63, 3.8) is 0 Å². The van der Waals surface area contributed by atoms with Gasteiger partial charge in [0.25, 0.3) is 5.78 Å². The summed E-state index contributed by atoms with van der Waals surface area (Å²) in [7, 11) is 0.985. The Morgan fingerprint density at radius 3 is 2.13 bits per heavy atom. The van der Waals surface area contributed by atoms with E-state index in [-0.39, 0.29) is 25.0 Å². The summed E-state index contributed by atoms with van der Waals surface area (Å²) in [5.41, 5.74) is -6.90. The zero-order valence-corrected chi connectivity index (χ0v) is 22.8. The summed E-state index contributed by atoms with van der Waals surface area (Å²) in [6, 6.07) is 0. The summed E-state index contributed by atoms with van der Waals surface area (Å²) in [6.07, 6.45) is 1.36. The van der Waals surface area contributed by atoms with Gasteiger partial charge in [0.2, 0.25) is 5.60 Å². The Hall–Kier alpha value is -3.37. The van der Waals surface area contributed by atoms with Crippen molar-refractivity contribution in [2.45, 2.75) is 83.8 Å². The molecule has 4 aliphatic rings. The van der Waals surface area contributed by atoms with Gasteiger partial charge in [-0.2, -0.15) is 0 Å². The minimum absolute atomic E-state index is 0.104. The van der Waals surface area contributed by atoms with Gasteiger partial charge >= 0.3 is 23.9 Å². The molecule has 0 aromatic rings. The van der Waals surface area contributed by atoms with Crippen molar-refractivity contribution in [3.05, 3.63) is 23.8 Å². The fraction of sp³-hybridized carbons (Fsp3) is 0.643. The topological polar surface area (TPSA) is 139 Å². The van der Waals surface area contributed by atoms with Crippen LogP contribution in [0.2, 0.25) is 0 Å². The van der Waals surface area contributed by atoms with Crippen LogP contribution in [0.3, 0.4) is 0 Å². The van der Waals surface area contributed by atoms with Gasteiger partial charge in [0.1, 0.15) is 6.10 Å². The van der Waals surface area contributed by atoms with E-state index in [1.54, 1.807) is 13.8 Å². The SMILES string of the molecule is COC(=O)C(=O)[C@@]1(OC(C)=O)[C@H](OC(C)=O)C[C@H]2[C@@H]3CCC4=CC(=O)C=C[C@]4(C)[C@@]3(F)[C@@H](OC(C)=O)C[C@@]21C. The van der Waals surface area contributed by atoms with Crippen molar-refractivity contribution in [3.8, 4) is 0 Å². The highest BCUT2D eigenvalue weighted by molar-refractivity contribution is 6.37. The first kappa shape index (κ1) is 28.6. The number of hydrogen-bond donors (Lipinski definition) is 0. The van der Waals surface area contributed by atoms with Crippen molar-refractivity contribution < 1.29 is 52.1 Å². The molecular formula is C28H33FO10. The maximum atomic E-state index is 18.0. The lowest BCUT2D eigenvalue weighted by Crippen LogP contribution is -2.71. The summed E-state index contributed by atoms with van der Waals surface area (Å²) in [5.74, 6) is -7.03. The predicted octanol–water partition coefficient (Wildman–Crippen LogP) is 2.51. The third kappa shape index (κ3) is 3.87. The third-order valence-electron chi connectivity index (χ3n) is 9.41. The number of ether oxygens (including phenoxy) is 4. The summed E-state index contributed by atoms with van der Waals surface area (Å²) < 4.78 is 39.5. The second-order valence-corrected chi connectivity index (χ2v) is 11.3. The Balaban J connectivity index is 1.98. The third-order valence-corrected chi connectivity index (χ3v) is 9.41. The molecule has 3 saturated carbocycles. The lowest BCUT2D eigenvalue weighted by atomic mass is 9.44. The maximum Gasteiger partial charge on any atom is 0.378 e. The van der Waals surface area contributed by atoms with Gasteiger partial charge in [-0.1, -0.05) is 18.6 Å². The molecule has 0 radical (unpaired) electrons. The average molecular weight is 549 g/mol. The van der Waals surface area contributed by atoms with Gasteiger partial charge in [0.15, 0.2) is 17.6 Å². The number of halogens is 1. The first-order chi connectivity index (χ1) is 18.1. The molecule has 0 aromatic heterocycles.